The van der Waals surface area contributed by atoms with E-state index in [1.807, 2.05) is 24.3 Å². The summed E-state index contributed by atoms with van der Waals surface area (Å²) in [6, 6.07) is 7.71. The standard InChI is InChI=1S/C14H15ClN2O2S/c15-10-1-2-12-13(3-6-16-14(12)9-10)17-11-4-7-20(18,19)8-5-11/h1-3,6,9,11H,4-5,7-8H2,(H,16,17). The third kappa shape index (κ3) is 2.88. The molecule has 1 saturated heterocycles. The van der Waals surface area contributed by atoms with Gasteiger partial charge in [0, 0.05) is 28.3 Å². The average molecular weight is 311 g/mol. The largest absolute Gasteiger partial charge is 0.382 e. The van der Waals surface area contributed by atoms with Crippen molar-refractivity contribution in [1.29, 1.82) is 0 Å². The Morgan fingerprint density at radius 1 is 1.20 bits per heavy atom. The molecule has 0 spiro atoms. The summed E-state index contributed by atoms with van der Waals surface area (Å²) in [7, 11) is -2.83. The van der Waals surface area contributed by atoms with Crippen LogP contribution in [-0.2, 0) is 9.84 Å². The van der Waals surface area contributed by atoms with Gasteiger partial charge in [-0.25, -0.2) is 8.42 Å². The van der Waals surface area contributed by atoms with Crippen molar-refractivity contribution in [2.45, 2.75) is 18.9 Å². The molecule has 2 heterocycles. The van der Waals surface area contributed by atoms with Gasteiger partial charge in [-0.2, -0.15) is 0 Å². The lowest BCUT2D eigenvalue weighted by Crippen LogP contribution is -2.32. The Balaban J connectivity index is 1.85. The fourth-order valence-electron chi connectivity index (χ4n) is 2.50. The Labute approximate surface area is 123 Å². The molecule has 0 atom stereocenters. The monoisotopic (exact) mass is 310 g/mol. The minimum Gasteiger partial charge on any atom is -0.382 e. The van der Waals surface area contributed by atoms with Crippen molar-refractivity contribution in [2.75, 3.05) is 16.8 Å². The van der Waals surface area contributed by atoms with E-state index in [-0.39, 0.29) is 17.5 Å². The summed E-state index contributed by atoms with van der Waals surface area (Å²) in [5.41, 5.74) is 1.82. The zero-order valence-electron chi connectivity index (χ0n) is 10.8. The van der Waals surface area contributed by atoms with Crippen molar-refractivity contribution in [3.63, 3.8) is 0 Å². The lowest BCUT2D eigenvalue weighted by molar-refractivity contribution is 0.560. The number of hydrogen-bond donors (Lipinski definition) is 1. The van der Waals surface area contributed by atoms with Crippen LogP contribution in [0.1, 0.15) is 12.8 Å². The second kappa shape index (κ2) is 5.22. The number of pyridine rings is 1. The maximum Gasteiger partial charge on any atom is 0.150 e. The highest BCUT2D eigenvalue weighted by molar-refractivity contribution is 7.91. The molecule has 2 aromatic rings. The number of benzene rings is 1. The molecule has 0 bridgehead atoms. The Morgan fingerprint density at radius 2 is 1.95 bits per heavy atom. The second-order valence-electron chi connectivity index (χ2n) is 5.09. The summed E-state index contributed by atoms with van der Waals surface area (Å²) in [6.07, 6.45) is 3.04. The lowest BCUT2D eigenvalue weighted by atomic mass is 10.1. The smallest absolute Gasteiger partial charge is 0.150 e. The van der Waals surface area contributed by atoms with Gasteiger partial charge in [-0.15, -0.1) is 0 Å². The van der Waals surface area contributed by atoms with Crippen molar-refractivity contribution in [3.8, 4) is 0 Å². The van der Waals surface area contributed by atoms with E-state index in [0.717, 1.165) is 16.6 Å². The fourth-order valence-corrected chi connectivity index (χ4v) is 4.16. The molecule has 20 heavy (non-hydrogen) atoms. The Kier molecular flexibility index (Phi) is 3.56. The van der Waals surface area contributed by atoms with Crippen LogP contribution in [0.2, 0.25) is 5.02 Å². The first kappa shape index (κ1) is 13.6. The zero-order valence-corrected chi connectivity index (χ0v) is 12.4. The molecule has 1 aromatic carbocycles. The number of halogens is 1. The van der Waals surface area contributed by atoms with Gasteiger partial charge in [0.1, 0.15) is 9.84 Å². The average Bonchev–Trinajstić information content (AvgIpc) is 2.41. The predicted octanol–water partition coefficient (Wildman–Crippen LogP) is 2.88. The normalized spacial score (nSPS) is 19.1. The number of fused-ring (bicyclic) bond motifs is 1. The number of nitrogens with zero attached hydrogens (tertiary/aromatic N) is 1. The van der Waals surface area contributed by atoms with Gasteiger partial charge in [0.25, 0.3) is 0 Å². The van der Waals surface area contributed by atoms with Gasteiger partial charge < -0.3 is 5.32 Å². The highest BCUT2D eigenvalue weighted by atomic mass is 35.5. The van der Waals surface area contributed by atoms with Gasteiger partial charge >= 0.3 is 0 Å². The first-order valence-corrected chi connectivity index (χ1v) is 8.75. The molecule has 1 aliphatic rings. The summed E-state index contributed by atoms with van der Waals surface area (Å²) in [5, 5.41) is 5.10. The van der Waals surface area contributed by atoms with Crippen LogP contribution in [-0.4, -0.2) is 30.9 Å². The van der Waals surface area contributed by atoms with Crippen LogP contribution in [0.4, 0.5) is 5.69 Å². The zero-order chi connectivity index (χ0) is 14.2. The van der Waals surface area contributed by atoms with Crippen LogP contribution in [0, 0.1) is 0 Å². The van der Waals surface area contributed by atoms with Crippen LogP contribution in [0.25, 0.3) is 10.9 Å². The van der Waals surface area contributed by atoms with Crippen molar-refractivity contribution < 1.29 is 8.42 Å². The van der Waals surface area contributed by atoms with E-state index < -0.39 is 9.84 Å². The summed E-state index contributed by atoms with van der Waals surface area (Å²) in [5.74, 6) is 0.527. The number of hydrogen-bond acceptors (Lipinski definition) is 4. The lowest BCUT2D eigenvalue weighted by Gasteiger charge is -2.24. The molecule has 3 rings (SSSR count). The van der Waals surface area contributed by atoms with E-state index in [1.165, 1.54) is 0 Å². The van der Waals surface area contributed by atoms with E-state index in [9.17, 15) is 8.42 Å². The molecule has 6 heteroatoms. The van der Waals surface area contributed by atoms with Crippen molar-refractivity contribution in [2.24, 2.45) is 0 Å². The van der Waals surface area contributed by atoms with Crippen molar-refractivity contribution >= 4 is 38.0 Å². The van der Waals surface area contributed by atoms with Gasteiger partial charge in [-0.1, -0.05) is 11.6 Å². The first-order valence-electron chi connectivity index (χ1n) is 6.55. The van der Waals surface area contributed by atoms with Gasteiger partial charge in [0.05, 0.1) is 17.0 Å². The van der Waals surface area contributed by atoms with Gasteiger partial charge in [-0.3, -0.25) is 4.98 Å². The van der Waals surface area contributed by atoms with Crippen LogP contribution in [0.5, 0.6) is 0 Å². The molecule has 106 valence electrons. The quantitative estimate of drug-likeness (QED) is 0.926. The number of anilines is 1. The van der Waals surface area contributed by atoms with Crippen LogP contribution >= 0.6 is 11.6 Å². The maximum absolute atomic E-state index is 11.4. The highest BCUT2D eigenvalue weighted by Crippen LogP contribution is 2.26. The minimum absolute atomic E-state index is 0.194. The molecule has 4 nitrogen and oxygen atoms in total. The number of sulfone groups is 1. The Bertz CT molecular complexity index is 732. The highest BCUT2D eigenvalue weighted by Gasteiger charge is 2.23. The molecule has 1 aliphatic heterocycles. The van der Waals surface area contributed by atoms with Crippen molar-refractivity contribution in [3.05, 3.63) is 35.5 Å². The Hall–Kier alpha value is -1.33. The van der Waals surface area contributed by atoms with Crippen molar-refractivity contribution in [1.82, 2.24) is 4.98 Å². The van der Waals surface area contributed by atoms with E-state index >= 15 is 0 Å². The van der Waals surface area contributed by atoms with E-state index in [1.54, 1.807) is 6.20 Å². The third-order valence-corrected chi connectivity index (χ3v) is 5.57. The van der Waals surface area contributed by atoms with Gasteiger partial charge in [0.15, 0.2) is 0 Å². The molecule has 0 aliphatic carbocycles. The summed E-state index contributed by atoms with van der Waals surface area (Å²) >= 11 is 5.97. The maximum atomic E-state index is 11.4. The molecular formula is C14H15ClN2O2S. The molecule has 1 N–H and O–H groups in total. The molecule has 0 amide bonds. The number of nitrogens with one attached hydrogen (secondary N) is 1. The van der Waals surface area contributed by atoms with Crippen LogP contribution < -0.4 is 5.32 Å². The molecule has 0 unspecified atom stereocenters. The predicted molar refractivity (Wildman–Crippen MR) is 82.1 cm³/mol. The topological polar surface area (TPSA) is 59.1 Å². The van der Waals surface area contributed by atoms with E-state index in [0.29, 0.717) is 17.9 Å². The molecule has 1 aromatic heterocycles. The molecule has 0 saturated carbocycles. The second-order valence-corrected chi connectivity index (χ2v) is 7.83. The Morgan fingerprint density at radius 3 is 2.70 bits per heavy atom. The first-order chi connectivity index (χ1) is 9.53. The molecular weight excluding hydrogens is 296 g/mol. The van der Waals surface area contributed by atoms with Crippen LogP contribution in [0.3, 0.4) is 0 Å². The summed E-state index contributed by atoms with van der Waals surface area (Å²) in [6.45, 7) is 0. The molecule has 1 fully saturated rings. The SMILES string of the molecule is O=S1(=O)CCC(Nc2ccnc3cc(Cl)ccc23)CC1. The van der Waals surface area contributed by atoms with Gasteiger partial charge in [0.2, 0.25) is 0 Å². The minimum atomic E-state index is -2.83. The van der Waals surface area contributed by atoms with E-state index in [4.69, 9.17) is 11.6 Å². The summed E-state index contributed by atoms with van der Waals surface area (Å²) in [4.78, 5) is 4.30. The van der Waals surface area contributed by atoms with Gasteiger partial charge in [-0.05, 0) is 37.1 Å². The van der Waals surface area contributed by atoms with Crippen LogP contribution in [0.15, 0.2) is 30.5 Å². The summed E-state index contributed by atoms with van der Waals surface area (Å²) < 4.78 is 22.9. The number of rotatable bonds is 2. The van der Waals surface area contributed by atoms with E-state index in [2.05, 4.69) is 10.3 Å². The molecule has 0 radical (unpaired) electrons. The fraction of sp³-hybridized carbons (Fsp3) is 0.357. The number of aromatic nitrogens is 1. The third-order valence-electron chi connectivity index (χ3n) is 3.62.